The van der Waals surface area contributed by atoms with Crippen molar-refractivity contribution in [1.82, 2.24) is 4.98 Å². The normalized spacial score (nSPS) is 35.6. The van der Waals surface area contributed by atoms with Crippen LogP contribution in [0.4, 0.5) is 5.13 Å². The summed E-state index contributed by atoms with van der Waals surface area (Å²) in [5.41, 5.74) is -1.87. The van der Waals surface area contributed by atoms with Gasteiger partial charge in [0.2, 0.25) is 0 Å². The molecular weight excluding hydrogens is 320 g/mol. The van der Waals surface area contributed by atoms with Crippen LogP contribution in [-0.2, 0) is 19.1 Å². The molecular formula is C15H18N2O5S. The summed E-state index contributed by atoms with van der Waals surface area (Å²) in [6, 6.07) is 0. The van der Waals surface area contributed by atoms with Crippen LogP contribution in [0.2, 0.25) is 0 Å². The number of aromatic nitrogens is 1. The lowest BCUT2D eigenvalue weighted by molar-refractivity contribution is -0.156. The maximum atomic E-state index is 12.4. The number of thiazole rings is 1. The summed E-state index contributed by atoms with van der Waals surface area (Å²) < 4.78 is 11.2. The maximum absolute atomic E-state index is 12.4. The number of nitrogens with one attached hydrogen (secondary N) is 1. The number of carboxylic acid groups (broad SMARTS) is 1. The Morgan fingerprint density at radius 2 is 2.22 bits per heavy atom. The summed E-state index contributed by atoms with van der Waals surface area (Å²) in [5.74, 6) is -1.18. The lowest BCUT2D eigenvalue weighted by Gasteiger charge is -2.39. The lowest BCUT2D eigenvalue weighted by Crippen LogP contribution is -2.55. The Balaban J connectivity index is 1.40. The van der Waals surface area contributed by atoms with E-state index >= 15 is 0 Å². The number of nitrogens with zero attached hydrogens (tertiary/aromatic N) is 1. The standard InChI is InChI=1S/C15H18N2O5S/c18-11(15-6-14(7-15,8-22-15)12(19)20)17-13-16-5-10(23-13)9-3-1-2-4-21-9/h5,9H,1-4,6-8H2,(H,19,20)(H,16,17,18). The van der Waals surface area contributed by atoms with Crippen LogP contribution >= 0.6 is 11.3 Å². The van der Waals surface area contributed by atoms with Gasteiger partial charge in [0.25, 0.3) is 5.91 Å². The largest absolute Gasteiger partial charge is 0.481 e. The number of carboxylic acids is 1. The first-order valence-electron chi connectivity index (χ1n) is 7.79. The van der Waals surface area contributed by atoms with E-state index in [0.717, 1.165) is 30.7 Å². The highest BCUT2D eigenvalue weighted by atomic mass is 32.1. The second kappa shape index (κ2) is 5.25. The Kier molecular flexibility index (Phi) is 3.44. The topological polar surface area (TPSA) is 97.8 Å². The molecule has 2 N–H and O–H groups in total. The van der Waals surface area contributed by atoms with Crippen molar-refractivity contribution in [2.75, 3.05) is 18.5 Å². The minimum absolute atomic E-state index is 0.0659. The van der Waals surface area contributed by atoms with Gasteiger partial charge in [-0.1, -0.05) is 11.3 Å². The number of carbonyl (C=O) groups excluding carboxylic acids is 1. The predicted octanol–water partition coefficient (Wildman–Crippen LogP) is 1.96. The zero-order valence-corrected chi connectivity index (χ0v) is 13.4. The van der Waals surface area contributed by atoms with Crippen molar-refractivity contribution in [3.63, 3.8) is 0 Å². The van der Waals surface area contributed by atoms with E-state index in [9.17, 15) is 14.7 Å². The summed E-state index contributed by atoms with van der Waals surface area (Å²) in [5, 5.41) is 12.5. The smallest absolute Gasteiger partial charge is 0.312 e. The molecule has 4 fully saturated rings. The fraction of sp³-hybridized carbons (Fsp3) is 0.667. The molecule has 4 aliphatic rings. The number of hydrogen-bond donors (Lipinski definition) is 2. The van der Waals surface area contributed by atoms with E-state index < -0.39 is 17.0 Å². The Hall–Kier alpha value is -1.51. The molecule has 3 saturated heterocycles. The van der Waals surface area contributed by atoms with Gasteiger partial charge >= 0.3 is 5.97 Å². The summed E-state index contributed by atoms with van der Waals surface area (Å²) in [4.78, 5) is 28.9. The zero-order valence-electron chi connectivity index (χ0n) is 12.5. The van der Waals surface area contributed by atoms with Crippen LogP contribution in [0.3, 0.4) is 0 Å². The second-order valence-corrected chi connectivity index (χ2v) is 7.66. The van der Waals surface area contributed by atoms with Crippen molar-refractivity contribution in [3.05, 3.63) is 11.1 Å². The quantitative estimate of drug-likeness (QED) is 0.871. The van der Waals surface area contributed by atoms with Gasteiger partial charge in [-0.25, -0.2) is 4.98 Å². The number of anilines is 1. The molecule has 3 aliphatic heterocycles. The van der Waals surface area contributed by atoms with E-state index in [0.29, 0.717) is 5.13 Å². The third-order valence-corrected chi connectivity index (χ3v) is 5.99. The van der Waals surface area contributed by atoms with Crippen LogP contribution in [0.15, 0.2) is 6.20 Å². The summed E-state index contributed by atoms with van der Waals surface area (Å²) in [7, 11) is 0. The van der Waals surface area contributed by atoms with Crippen molar-refractivity contribution in [2.24, 2.45) is 5.41 Å². The summed E-state index contributed by atoms with van der Waals surface area (Å²) in [6.45, 7) is 0.868. The Morgan fingerprint density at radius 1 is 1.39 bits per heavy atom. The molecule has 1 aliphatic carbocycles. The minimum atomic E-state index is -0.994. The molecule has 23 heavy (non-hydrogen) atoms. The molecule has 1 saturated carbocycles. The van der Waals surface area contributed by atoms with Crippen LogP contribution in [-0.4, -0.2) is 40.8 Å². The molecule has 1 unspecified atom stereocenters. The highest BCUT2D eigenvalue weighted by Gasteiger charge is 2.70. The van der Waals surface area contributed by atoms with Crippen molar-refractivity contribution in [3.8, 4) is 0 Å². The van der Waals surface area contributed by atoms with E-state index in [2.05, 4.69) is 10.3 Å². The average Bonchev–Trinajstić information content (AvgIpc) is 3.21. The molecule has 1 aromatic rings. The van der Waals surface area contributed by atoms with E-state index in [4.69, 9.17) is 9.47 Å². The van der Waals surface area contributed by atoms with Crippen LogP contribution in [0.25, 0.3) is 0 Å². The van der Waals surface area contributed by atoms with E-state index in [1.165, 1.54) is 11.3 Å². The lowest BCUT2D eigenvalue weighted by atomic mass is 9.62. The molecule has 0 aromatic carbocycles. The minimum Gasteiger partial charge on any atom is -0.481 e. The highest BCUT2D eigenvalue weighted by molar-refractivity contribution is 7.15. The number of carbonyl (C=O) groups is 2. The van der Waals surface area contributed by atoms with E-state index in [1.54, 1.807) is 6.20 Å². The highest BCUT2D eigenvalue weighted by Crippen LogP contribution is 2.58. The molecule has 4 heterocycles. The summed E-state index contributed by atoms with van der Waals surface area (Å²) >= 11 is 1.41. The third kappa shape index (κ3) is 2.36. The molecule has 5 rings (SSSR count). The maximum Gasteiger partial charge on any atom is 0.312 e. The van der Waals surface area contributed by atoms with Crippen molar-refractivity contribution >= 4 is 28.3 Å². The molecule has 7 nitrogen and oxygen atoms in total. The van der Waals surface area contributed by atoms with Crippen molar-refractivity contribution < 1.29 is 24.2 Å². The first-order valence-corrected chi connectivity index (χ1v) is 8.61. The molecule has 2 bridgehead atoms. The molecule has 1 atom stereocenters. The van der Waals surface area contributed by atoms with Gasteiger partial charge in [-0.3, -0.25) is 14.9 Å². The van der Waals surface area contributed by atoms with Gasteiger partial charge in [-0.05, 0) is 19.3 Å². The average molecular weight is 338 g/mol. The van der Waals surface area contributed by atoms with Gasteiger partial charge in [0.1, 0.15) is 5.60 Å². The van der Waals surface area contributed by atoms with Crippen LogP contribution in [0.5, 0.6) is 0 Å². The first-order chi connectivity index (χ1) is 11.0. The predicted molar refractivity (Wildman–Crippen MR) is 81.3 cm³/mol. The molecule has 1 amide bonds. The number of rotatable bonds is 4. The monoisotopic (exact) mass is 338 g/mol. The zero-order chi connectivity index (χ0) is 16.1. The van der Waals surface area contributed by atoms with Crippen LogP contribution in [0, 0.1) is 5.41 Å². The number of hydrogen-bond acceptors (Lipinski definition) is 6. The van der Waals surface area contributed by atoms with Gasteiger partial charge in [0, 0.05) is 25.6 Å². The van der Waals surface area contributed by atoms with Crippen molar-refractivity contribution in [1.29, 1.82) is 0 Å². The SMILES string of the molecule is O=C(O)C12COC(C(=O)Nc3ncc(C4CCCCO4)s3)(C1)C2. The van der Waals surface area contributed by atoms with E-state index in [1.807, 2.05) is 0 Å². The fourth-order valence-corrected chi connectivity index (χ4v) is 4.53. The van der Waals surface area contributed by atoms with Gasteiger partial charge < -0.3 is 14.6 Å². The molecule has 124 valence electrons. The first kappa shape index (κ1) is 15.0. The Morgan fingerprint density at radius 3 is 2.87 bits per heavy atom. The molecule has 1 aromatic heterocycles. The summed E-state index contributed by atoms with van der Waals surface area (Å²) in [6.07, 6.45) is 5.49. The van der Waals surface area contributed by atoms with Crippen LogP contribution in [0.1, 0.15) is 43.1 Å². The van der Waals surface area contributed by atoms with Gasteiger partial charge in [0.15, 0.2) is 5.13 Å². The molecule has 0 radical (unpaired) electrons. The number of amides is 1. The van der Waals surface area contributed by atoms with Gasteiger partial charge in [-0.2, -0.15) is 0 Å². The van der Waals surface area contributed by atoms with Gasteiger partial charge in [-0.15, -0.1) is 0 Å². The van der Waals surface area contributed by atoms with Crippen molar-refractivity contribution in [2.45, 2.75) is 43.8 Å². The van der Waals surface area contributed by atoms with Crippen LogP contribution < -0.4 is 5.32 Å². The van der Waals surface area contributed by atoms with E-state index in [-0.39, 0.29) is 31.5 Å². The number of fused-ring (bicyclic) bond motifs is 1. The second-order valence-electron chi connectivity index (χ2n) is 6.60. The Labute approximate surface area is 137 Å². The Bertz CT molecular complexity index is 646. The fourth-order valence-electron chi connectivity index (χ4n) is 3.63. The number of ether oxygens (including phenoxy) is 2. The number of aliphatic carboxylic acids is 1. The van der Waals surface area contributed by atoms with Gasteiger partial charge in [0.05, 0.1) is 23.0 Å². The molecule has 8 heteroatoms. The molecule has 0 spiro atoms. The third-order valence-electron chi connectivity index (χ3n) is 4.98.